The Bertz CT molecular complexity index is 426. The molecule has 1 aromatic heterocycles. The van der Waals surface area contributed by atoms with Crippen molar-refractivity contribution in [3.63, 3.8) is 0 Å². The number of piperidine rings is 1. The van der Waals surface area contributed by atoms with E-state index in [9.17, 15) is 13.2 Å². The smallest absolute Gasteiger partial charge is 0.475 e. The Labute approximate surface area is 114 Å². The predicted octanol–water partition coefficient (Wildman–Crippen LogP) is 2.00. The summed E-state index contributed by atoms with van der Waals surface area (Å²) in [5.74, 6) is -1.53. The summed E-state index contributed by atoms with van der Waals surface area (Å²) in [5, 5.41) is 10.5. The van der Waals surface area contributed by atoms with Gasteiger partial charge in [-0.2, -0.15) is 13.2 Å². The Morgan fingerprint density at radius 1 is 1.50 bits per heavy atom. The van der Waals surface area contributed by atoms with E-state index in [1.165, 1.54) is 18.7 Å². The summed E-state index contributed by atoms with van der Waals surface area (Å²) in [5.41, 5.74) is 0. The third kappa shape index (κ3) is 4.84. The molecule has 0 bridgehead atoms. The van der Waals surface area contributed by atoms with Gasteiger partial charge in [-0.15, -0.1) is 0 Å². The zero-order valence-electron chi connectivity index (χ0n) is 11.2. The van der Waals surface area contributed by atoms with Gasteiger partial charge in [-0.1, -0.05) is 6.92 Å². The first kappa shape index (κ1) is 16.5. The molecule has 0 aliphatic carbocycles. The molecule has 2 N–H and O–H groups in total. The average molecular weight is 293 g/mol. The van der Waals surface area contributed by atoms with Gasteiger partial charge in [-0.05, 0) is 25.9 Å². The van der Waals surface area contributed by atoms with Crippen molar-refractivity contribution in [3.05, 3.63) is 18.2 Å². The second-order valence-electron chi connectivity index (χ2n) is 4.39. The molecule has 0 unspecified atom stereocenters. The van der Waals surface area contributed by atoms with E-state index in [-0.39, 0.29) is 0 Å². The maximum atomic E-state index is 10.6. The summed E-state index contributed by atoms with van der Waals surface area (Å²) in [6.45, 7) is 4.46. The van der Waals surface area contributed by atoms with Crippen LogP contribution in [-0.4, -0.2) is 39.9 Å². The predicted molar refractivity (Wildman–Crippen MR) is 66.4 cm³/mol. The van der Waals surface area contributed by atoms with Crippen molar-refractivity contribution < 1.29 is 23.1 Å². The average Bonchev–Trinajstić information content (AvgIpc) is 2.87. The highest BCUT2D eigenvalue weighted by atomic mass is 19.4. The van der Waals surface area contributed by atoms with E-state index in [4.69, 9.17) is 9.90 Å². The number of carboxylic acid groups (broad SMARTS) is 1. The molecule has 0 atom stereocenters. The lowest BCUT2D eigenvalue weighted by Crippen LogP contribution is -2.29. The standard InChI is InChI=1S/C10H17N3.C2HF3O2/c1-2-10-12-7-8-13(10)9-3-5-11-6-4-9;3-2(4,5)1(6)7/h7-9,11H,2-6H2,1H3;(H,6,7). The van der Waals surface area contributed by atoms with E-state index >= 15 is 0 Å². The van der Waals surface area contributed by atoms with Crippen LogP contribution in [0.5, 0.6) is 0 Å². The van der Waals surface area contributed by atoms with Gasteiger partial charge >= 0.3 is 12.1 Å². The normalized spacial score (nSPS) is 16.4. The number of imidazole rings is 1. The summed E-state index contributed by atoms with van der Waals surface area (Å²) in [6, 6.07) is 0.679. The van der Waals surface area contributed by atoms with Gasteiger partial charge in [0.1, 0.15) is 5.82 Å². The number of aliphatic carboxylic acids is 1. The molecule has 0 radical (unpaired) electrons. The minimum absolute atomic E-state index is 0.679. The quantitative estimate of drug-likeness (QED) is 0.875. The van der Waals surface area contributed by atoms with Crippen LogP contribution >= 0.6 is 0 Å². The SMILES string of the molecule is CCc1nccn1C1CCNCC1.O=C(O)C(F)(F)F. The fourth-order valence-electron chi connectivity index (χ4n) is 2.04. The van der Waals surface area contributed by atoms with Crippen molar-refractivity contribution in [3.8, 4) is 0 Å². The highest BCUT2D eigenvalue weighted by Gasteiger charge is 2.38. The van der Waals surface area contributed by atoms with Gasteiger partial charge in [-0.25, -0.2) is 9.78 Å². The van der Waals surface area contributed by atoms with Crippen LogP contribution in [0.25, 0.3) is 0 Å². The third-order valence-corrected chi connectivity index (χ3v) is 3.01. The number of carbonyl (C=O) groups is 1. The number of rotatable bonds is 2. The van der Waals surface area contributed by atoms with E-state index in [0.29, 0.717) is 6.04 Å². The fourth-order valence-corrected chi connectivity index (χ4v) is 2.04. The molecule has 0 aromatic carbocycles. The maximum Gasteiger partial charge on any atom is 0.490 e. The number of hydrogen-bond donors (Lipinski definition) is 2. The van der Waals surface area contributed by atoms with E-state index in [2.05, 4.69) is 28.0 Å². The number of halogens is 3. The molecule has 1 saturated heterocycles. The van der Waals surface area contributed by atoms with Crippen molar-refractivity contribution in [2.45, 2.75) is 38.4 Å². The maximum absolute atomic E-state index is 10.6. The first-order chi connectivity index (χ1) is 9.36. The summed E-state index contributed by atoms with van der Waals surface area (Å²) < 4.78 is 34.1. The third-order valence-electron chi connectivity index (χ3n) is 3.01. The molecule has 2 heterocycles. The number of alkyl halides is 3. The number of nitrogens with one attached hydrogen (secondary N) is 1. The van der Waals surface area contributed by atoms with E-state index < -0.39 is 12.1 Å². The highest BCUT2D eigenvalue weighted by molar-refractivity contribution is 5.73. The minimum atomic E-state index is -5.08. The van der Waals surface area contributed by atoms with Crippen molar-refractivity contribution in [2.24, 2.45) is 0 Å². The zero-order valence-corrected chi connectivity index (χ0v) is 11.2. The summed E-state index contributed by atoms with van der Waals surface area (Å²) in [4.78, 5) is 13.2. The van der Waals surface area contributed by atoms with E-state index in [1.54, 1.807) is 0 Å². The molecule has 1 aromatic rings. The summed E-state index contributed by atoms with van der Waals surface area (Å²) in [6.07, 6.45) is 2.47. The molecule has 0 spiro atoms. The second-order valence-corrected chi connectivity index (χ2v) is 4.39. The van der Waals surface area contributed by atoms with E-state index in [0.717, 1.165) is 19.5 Å². The molecule has 1 aliphatic heterocycles. The Balaban J connectivity index is 0.000000246. The van der Waals surface area contributed by atoms with Crippen molar-refractivity contribution in [2.75, 3.05) is 13.1 Å². The topological polar surface area (TPSA) is 67.2 Å². The van der Waals surface area contributed by atoms with Crippen LogP contribution in [0, 0.1) is 0 Å². The fraction of sp³-hybridized carbons (Fsp3) is 0.667. The molecule has 20 heavy (non-hydrogen) atoms. The number of nitrogens with zero attached hydrogens (tertiary/aromatic N) is 2. The van der Waals surface area contributed by atoms with Gasteiger partial charge in [0.2, 0.25) is 0 Å². The lowest BCUT2D eigenvalue weighted by Gasteiger charge is -2.25. The molecular weight excluding hydrogens is 275 g/mol. The molecule has 0 amide bonds. The van der Waals surface area contributed by atoms with Crippen LogP contribution in [0.15, 0.2) is 12.4 Å². The highest BCUT2D eigenvalue weighted by Crippen LogP contribution is 2.19. The molecule has 5 nitrogen and oxygen atoms in total. The Morgan fingerprint density at radius 3 is 2.50 bits per heavy atom. The van der Waals surface area contributed by atoms with Gasteiger partial charge in [0, 0.05) is 24.9 Å². The van der Waals surface area contributed by atoms with Crippen LogP contribution in [0.4, 0.5) is 13.2 Å². The largest absolute Gasteiger partial charge is 0.490 e. The van der Waals surface area contributed by atoms with Crippen LogP contribution in [0.1, 0.15) is 31.6 Å². The first-order valence-electron chi connectivity index (χ1n) is 6.38. The molecule has 8 heteroatoms. The van der Waals surface area contributed by atoms with Crippen molar-refractivity contribution in [1.82, 2.24) is 14.9 Å². The number of hydrogen-bond acceptors (Lipinski definition) is 3. The first-order valence-corrected chi connectivity index (χ1v) is 6.38. The molecular formula is C12H18F3N3O2. The monoisotopic (exact) mass is 293 g/mol. The zero-order chi connectivity index (χ0) is 15.2. The van der Waals surface area contributed by atoms with Crippen LogP contribution in [0.3, 0.4) is 0 Å². The Hall–Kier alpha value is -1.57. The molecule has 114 valence electrons. The minimum Gasteiger partial charge on any atom is -0.475 e. The van der Waals surface area contributed by atoms with Gasteiger partial charge in [0.05, 0.1) is 0 Å². The molecule has 2 rings (SSSR count). The van der Waals surface area contributed by atoms with Crippen LogP contribution < -0.4 is 5.32 Å². The van der Waals surface area contributed by atoms with Gasteiger partial charge in [0.25, 0.3) is 0 Å². The Kier molecular flexibility index (Phi) is 6.00. The van der Waals surface area contributed by atoms with Crippen molar-refractivity contribution in [1.29, 1.82) is 0 Å². The number of aryl methyl sites for hydroxylation is 1. The number of aromatic nitrogens is 2. The number of carboxylic acids is 1. The van der Waals surface area contributed by atoms with Gasteiger partial charge < -0.3 is 15.0 Å². The molecule has 0 saturated carbocycles. The van der Waals surface area contributed by atoms with Crippen LogP contribution in [-0.2, 0) is 11.2 Å². The van der Waals surface area contributed by atoms with E-state index in [1.807, 2.05) is 6.20 Å². The second kappa shape index (κ2) is 7.28. The lowest BCUT2D eigenvalue weighted by molar-refractivity contribution is -0.192. The summed E-state index contributed by atoms with van der Waals surface area (Å²) >= 11 is 0. The molecule has 1 fully saturated rings. The Morgan fingerprint density at radius 2 is 2.05 bits per heavy atom. The molecule has 1 aliphatic rings. The summed E-state index contributed by atoms with van der Waals surface area (Å²) in [7, 11) is 0. The lowest BCUT2D eigenvalue weighted by atomic mass is 10.1. The van der Waals surface area contributed by atoms with Crippen LogP contribution in [0.2, 0.25) is 0 Å². The van der Waals surface area contributed by atoms with Gasteiger partial charge in [0.15, 0.2) is 0 Å². The van der Waals surface area contributed by atoms with Crippen molar-refractivity contribution >= 4 is 5.97 Å². The van der Waals surface area contributed by atoms with Gasteiger partial charge in [-0.3, -0.25) is 0 Å².